The van der Waals surface area contributed by atoms with E-state index in [0.29, 0.717) is 17.1 Å². The zero-order valence-corrected chi connectivity index (χ0v) is 14.3. The van der Waals surface area contributed by atoms with Gasteiger partial charge in [0.1, 0.15) is 5.82 Å². The first-order valence-electron chi connectivity index (χ1n) is 7.53. The van der Waals surface area contributed by atoms with Crippen molar-refractivity contribution in [1.29, 1.82) is 0 Å². The molecule has 1 saturated heterocycles. The number of hydrogen-bond acceptors (Lipinski definition) is 5. The lowest BCUT2D eigenvalue weighted by Crippen LogP contribution is -2.48. The molecule has 0 N–H and O–H groups in total. The average molecular weight is 351 g/mol. The van der Waals surface area contributed by atoms with Crippen LogP contribution in [0.25, 0.3) is 0 Å². The minimum absolute atomic E-state index is 0.146. The summed E-state index contributed by atoms with van der Waals surface area (Å²) in [5.41, 5.74) is 0. The van der Waals surface area contributed by atoms with Crippen molar-refractivity contribution < 1.29 is 9.18 Å². The minimum atomic E-state index is -0.220. The Balaban J connectivity index is 1.42. The fraction of sp³-hybridized carbons (Fsp3) is 0.375. The van der Waals surface area contributed by atoms with Crippen LogP contribution in [0.5, 0.6) is 0 Å². The Hall–Kier alpha value is -1.60. The lowest BCUT2D eigenvalue weighted by atomic mass is 10.3. The number of piperazine rings is 1. The number of rotatable bonds is 5. The van der Waals surface area contributed by atoms with Gasteiger partial charge in [0.2, 0.25) is 5.91 Å². The van der Waals surface area contributed by atoms with Gasteiger partial charge in [0.05, 0.1) is 0 Å². The molecule has 1 amide bonds. The van der Waals surface area contributed by atoms with Gasteiger partial charge in [0.15, 0.2) is 5.13 Å². The second kappa shape index (κ2) is 7.79. The fourth-order valence-electron chi connectivity index (χ4n) is 2.49. The van der Waals surface area contributed by atoms with Crippen molar-refractivity contribution >= 4 is 34.1 Å². The quantitative estimate of drug-likeness (QED) is 0.776. The molecule has 122 valence electrons. The number of amides is 1. The molecule has 0 aliphatic carbocycles. The van der Waals surface area contributed by atoms with E-state index < -0.39 is 0 Å². The summed E-state index contributed by atoms with van der Waals surface area (Å²) in [5.74, 6) is 0.529. The molecule has 0 atom stereocenters. The van der Waals surface area contributed by atoms with Gasteiger partial charge in [-0.2, -0.15) is 0 Å². The molecule has 0 spiro atoms. The average Bonchev–Trinajstić information content (AvgIpc) is 3.11. The summed E-state index contributed by atoms with van der Waals surface area (Å²) in [6.07, 6.45) is 2.24. The normalized spacial score (nSPS) is 15.0. The van der Waals surface area contributed by atoms with Crippen LogP contribution in [0.4, 0.5) is 9.52 Å². The zero-order chi connectivity index (χ0) is 16.1. The molecule has 0 radical (unpaired) electrons. The van der Waals surface area contributed by atoms with Crippen molar-refractivity contribution in [2.24, 2.45) is 0 Å². The Bertz CT molecular complexity index is 643. The molecule has 0 bridgehead atoms. The lowest BCUT2D eigenvalue weighted by molar-refractivity contribution is -0.131. The van der Waals surface area contributed by atoms with Gasteiger partial charge in [0, 0.05) is 54.8 Å². The number of thioether (sulfide) groups is 1. The number of hydrogen-bond donors (Lipinski definition) is 0. The van der Waals surface area contributed by atoms with Crippen LogP contribution in [0.1, 0.15) is 6.42 Å². The van der Waals surface area contributed by atoms with Gasteiger partial charge < -0.3 is 9.80 Å². The van der Waals surface area contributed by atoms with Crippen molar-refractivity contribution in [2.75, 3.05) is 36.8 Å². The molecule has 7 heteroatoms. The van der Waals surface area contributed by atoms with Crippen molar-refractivity contribution in [1.82, 2.24) is 9.88 Å². The second-order valence-electron chi connectivity index (χ2n) is 5.21. The number of halogens is 1. The summed E-state index contributed by atoms with van der Waals surface area (Å²) in [6.45, 7) is 3.09. The summed E-state index contributed by atoms with van der Waals surface area (Å²) < 4.78 is 13.5. The van der Waals surface area contributed by atoms with Gasteiger partial charge >= 0.3 is 0 Å². The lowest BCUT2D eigenvalue weighted by Gasteiger charge is -2.34. The summed E-state index contributed by atoms with van der Waals surface area (Å²) in [4.78, 5) is 21.3. The predicted octanol–water partition coefficient (Wildman–Crippen LogP) is 3.11. The Kier molecular flexibility index (Phi) is 5.51. The number of carbonyl (C=O) groups is 1. The molecule has 1 aromatic carbocycles. The third-order valence-corrected chi connectivity index (χ3v) is 5.61. The highest BCUT2D eigenvalue weighted by Crippen LogP contribution is 2.23. The standard InChI is InChI=1S/C16H18FN3OS2/c17-13-3-1-2-4-14(13)22-11-5-15(21)19-7-9-20(10-8-19)16-18-6-12-23-16/h1-4,6,12H,5,7-11H2. The van der Waals surface area contributed by atoms with Crippen molar-refractivity contribution in [3.8, 4) is 0 Å². The van der Waals surface area contributed by atoms with E-state index in [9.17, 15) is 9.18 Å². The largest absolute Gasteiger partial charge is 0.345 e. The third-order valence-electron chi connectivity index (χ3n) is 3.73. The molecule has 0 saturated carbocycles. The van der Waals surface area contributed by atoms with E-state index in [2.05, 4.69) is 9.88 Å². The summed E-state index contributed by atoms with van der Waals surface area (Å²) >= 11 is 3.02. The number of anilines is 1. The summed E-state index contributed by atoms with van der Waals surface area (Å²) in [7, 11) is 0. The molecule has 4 nitrogen and oxygen atoms in total. The summed E-state index contributed by atoms with van der Waals surface area (Å²) in [5, 5.41) is 2.99. The highest BCUT2D eigenvalue weighted by atomic mass is 32.2. The topological polar surface area (TPSA) is 36.4 Å². The van der Waals surface area contributed by atoms with E-state index >= 15 is 0 Å². The molecular weight excluding hydrogens is 333 g/mol. The van der Waals surface area contributed by atoms with Crippen molar-refractivity contribution in [3.05, 3.63) is 41.7 Å². The Morgan fingerprint density at radius 1 is 1.26 bits per heavy atom. The van der Waals surface area contributed by atoms with Crippen LogP contribution in [0.3, 0.4) is 0 Å². The van der Waals surface area contributed by atoms with Crippen LogP contribution in [0.2, 0.25) is 0 Å². The zero-order valence-electron chi connectivity index (χ0n) is 12.7. The molecule has 1 aliphatic heterocycles. The molecule has 2 heterocycles. The van der Waals surface area contributed by atoms with Crippen LogP contribution in [-0.4, -0.2) is 47.7 Å². The van der Waals surface area contributed by atoms with Gasteiger partial charge in [-0.25, -0.2) is 9.37 Å². The summed E-state index contributed by atoms with van der Waals surface area (Å²) in [6, 6.07) is 6.68. The molecule has 0 unspecified atom stereocenters. The third kappa shape index (κ3) is 4.23. The van der Waals surface area contributed by atoms with Gasteiger partial charge in [-0.05, 0) is 12.1 Å². The van der Waals surface area contributed by atoms with Crippen LogP contribution in [0.15, 0.2) is 40.7 Å². The number of thiazole rings is 1. The number of carbonyl (C=O) groups excluding carboxylic acids is 1. The van der Waals surface area contributed by atoms with Crippen molar-refractivity contribution in [2.45, 2.75) is 11.3 Å². The molecule has 1 aliphatic rings. The fourth-order valence-corrected chi connectivity index (χ4v) is 4.06. The van der Waals surface area contributed by atoms with E-state index in [1.807, 2.05) is 16.3 Å². The van der Waals surface area contributed by atoms with Crippen molar-refractivity contribution in [3.63, 3.8) is 0 Å². The first-order valence-corrected chi connectivity index (χ1v) is 9.40. The Labute approximate surface area is 143 Å². The maximum atomic E-state index is 13.5. The smallest absolute Gasteiger partial charge is 0.223 e. The van der Waals surface area contributed by atoms with Crippen LogP contribution < -0.4 is 4.90 Å². The highest BCUT2D eigenvalue weighted by Gasteiger charge is 2.22. The number of nitrogens with zero attached hydrogens (tertiary/aromatic N) is 3. The first-order chi connectivity index (χ1) is 11.2. The maximum Gasteiger partial charge on any atom is 0.223 e. The molecule has 23 heavy (non-hydrogen) atoms. The van der Waals surface area contributed by atoms with Gasteiger partial charge in [-0.1, -0.05) is 12.1 Å². The van der Waals surface area contributed by atoms with E-state index in [1.54, 1.807) is 29.7 Å². The molecule has 2 aromatic rings. The number of benzene rings is 1. The SMILES string of the molecule is O=C(CCSc1ccccc1F)N1CCN(c2nccs2)CC1. The molecule has 1 fully saturated rings. The van der Waals surface area contributed by atoms with Gasteiger partial charge in [-0.15, -0.1) is 23.1 Å². The number of aromatic nitrogens is 1. The van der Waals surface area contributed by atoms with E-state index in [4.69, 9.17) is 0 Å². The Morgan fingerprint density at radius 3 is 2.74 bits per heavy atom. The highest BCUT2D eigenvalue weighted by molar-refractivity contribution is 7.99. The molecule has 3 rings (SSSR count). The van der Waals surface area contributed by atoms with Crippen LogP contribution in [0, 0.1) is 5.82 Å². The molecular formula is C16H18FN3OS2. The van der Waals surface area contributed by atoms with E-state index in [-0.39, 0.29) is 11.7 Å². The monoisotopic (exact) mass is 351 g/mol. The second-order valence-corrected chi connectivity index (χ2v) is 7.22. The maximum absolute atomic E-state index is 13.5. The van der Waals surface area contributed by atoms with E-state index in [0.717, 1.165) is 31.3 Å². The predicted molar refractivity (Wildman–Crippen MR) is 92.6 cm³/mol. The first kappa shape index (κ1) is 16.3. The Morgan fingerprint density at radius 2 is 2.04 bits per heavy atom. The van der Waals surface area contributed by atoms with Gasteiger partial charge in [-0.3, -0.25) is 4.79 Å². The van der Waals surface area contributed by atoms with Crippen LogP contribution >= 0.6 is 23.1 Å². The van der Waals surface area contributed by atoms with Gasteiger partial charge in [0.25, 0.3) is 0 Å². The molecule has 1 aromatic heterocycles. The van der Waals surface area contributed by atoms with E-state index in [1.165, 1.54) is 17.8 Å². The van der Waals surface area contributed by atoms with Crippen LogP contribution in [-0.2, 0) is 4.79 Å². The minimum Gasteiger partial charge on any atom is -0.345 e.